The number of hydrogen-bond donors (Lipinski definition) is 0. The molecule has 1 aromatic heterocycles. The van der Waals surface area contributed by atoms with Crippen LogP contribution in [0.1, 0.15) is 0 Å². The van der Waals surface area contributed by atoms with Gasteiger partial charge in [-0.2, -0.15) is 0 Å². The first-order valence-electron chi connectivity index (χ1n) is 4.68. The highest BCUT2D eigenvalue weighted by molar-refractivity contribution is 8.00. The van der Waals surface area contributed by atoms with Gasteiger partial charge in [0.1, 0.15) is 0 Å². The van der Waals surface area contributed by atoms with Crippen molar-refractivity contribution in [2.75, 3.05) is 10.7 Å². The van der Waals surface area contributed by atoms with Gasteiger partial charge in [-0.3, -0.25) is 9.69 Å². The van der Waals surface area contributed by atoms with Crippen molar-refractivity contribution < 1.29 is 4.79 Å². The molecule has 2 aromatic rings. The molecular formula is C10H7N3OS2. The van der Waals surface area contributed by atoms with Crippen LogP contribution in [0.15, 0.2) is 34.5 Å². The average molecular weight is 249 g/mol. The maximum absolute atomic E-state index is 11.9. The van der Waals surface area contributed by atoms with Gasteiger partial charge in [0, 0.05) is 4.90 Å². The van der Waals surface area contributed by atoms with Gasteiger partial charge >= 0.3 is 0 Å². The normalized spacial score (nSPS) is 15.0. The third kappa shape index (κ3) is 1.50. The van der Waals surface area contributed by atoms with E-state index < -0.39 is 0 Å². The number of rotatable bonds is 1. The van der Waals surface area contributed by atoms with E-state index in [1.807, 2.05) is 24.3 Å². The van der Waals surface area contributed by atoms with E-state index >= 15 is 0 Å². The second kappa shape index (κ2) is 3.88. The number of anilines is 2. The van der Waals surface area contributed by atoms with Gasteiger partial charge in [-0.25, -0.2) is 0 Å². The van der Waals surface area contributed by atoms with Crippen molar-refractivity contribution in [3.8, 4) is 0 Å². The van der Waals surface area contributed by atoms with Gasteiger partial charge in [0.25, 0.3) is 0 Å². The summed E-state index contributed by atoms with van der Waals surface area (Å²) in [5.41, 5.74) is 0.899. The van der Waals surface area contributed by atoms with Crippen molar-refractivity contribution in [2.24, 2.45) is 0 Å². The molecule has 0 unspecified atom stereocenters. The summed E-state index contributed by atoms with van der Waals surface area (Å²) in [7, 11) is 0. The van der Waals surface area contributed by atoms with Crippen LogP contribution in [0.4, 0.5) is 11.5 Å². The number of aromatic nitrogens is 2. The molecule has 1 amide bonds. The molecule has 1 aromatic carbocycles. The quantitative estimate of drug-likeness (QED) is 0.778. The molecule has 16 heavy (non-hydrogen) atoms. The number of nitrogens with zero attached hydrogens (tertiary/aromatic N) is 3. The van der Waals surface area contributed by atoms with Crippen LogP contribution >= 0.6 is 23.3 Å². The van der Waals surface area contributed by atoms with E-state index in [-0.39, 0.29) is 5.91 Å². The number of fused-ring (bicyclic) bond motifs is 1. The van der Waals surface area contributed by atoms with Gasteiger partial charge in [-0.15, -0.1) is 16.9 Å². The van der Waals surface area contributed by atoms with Gasteiger partial charge in [0.05, 0.1) is 16.8 Å². The van der Waals surface area contributed by atoms with E-state index in [4.69, 9.17) is 0 Å². The Labute approximate surface area is 100 Å². The lowest BCUT2D eigenvalue weighted by Gasteiger charge is -2.26. The Kier molecular flexibility index (Phi) is 2.37. The minimum atomic E-state index is 0.0522. The van der Waals surface area contributed by atoms with Crippen LogP contribution < -0.4 is 4.90 Å². The van der Waals surface area contributed by atoms with Crippen LogP contribution in [-0.4, -0.2) is 21.2 Å². The summed E-state index contributed by atoms with van der Waals surface area (Å²) in [5, 5.41) is 5.74. The van der Waals surface area contributed by atoms with Crippen molar-refractivity contribution in [2.45, 2.75) is 4.90 Å². The molecule has 0 spiro atoms. The fraction of sp³-hybridized carbons (Fsp3) is 0.100. The maximum Gasteiger partial charge on any atom is 0.243 e. The lowest BCUT2D eigenvalue weighted by molar-refractivity contribution is -0.115. The molecule has 4 nitrogen and oxygen atoms in total. The fourth-order valence-corrected chi connectivity index (χ4v) is 2.93. The van der Waals surface area contributed by atoms with Crippen molar-refractivity contribution in [1.82, 2.24) is 9.59 Å². The van der Waals surface area contributed by atoms with Crippen LogP contribution in [0.2, 0.25) is 0 Å². The van der Waals surface area contributed by atoms with E-state index in [2.05, 4.69) is 9.59 Å². The summed E-state index contributed by atoms with van der Waals surface area (Å²) in [6.45, 7) is 0. The van der Waals surface area contributed by atoms with Crippen molar-refractivity contribution in [3.05, 3.63) is 29.6 Å². The Morgan fingerprint density at radius 1 is 1.31 bits per heavy atom. The molecule has 80 valence electrons. The molecule has 1 aliphatic rings. The molecule has 0 N–H and O–H groups in total. The molecule has 0 bridgehead atoms. The van der Waals surface area contributed by atoms with E-state index in [9.17, 15) is 4.79 Å². The fourth-order valence-electron chi connectivity index (χ4n) is 1.61. The second-order valence-electron chi connectivity index (χ2n) is 3.25. The topological polar surface area (TPSA) is 46.1 Å². The van der Waals surface area contributed by atoms with Gasteiger partial charge in [0.2, 0.25) is 5.91 Å². The van der Waals surface area contributed by atoms with E-state index in [1.165, 1.54) is 11.5 Å². The predicted molar refractivity (Wildman–Crippen MR) is 64.2 cm³/mol. The molecule has 3 rings (SSSR count). The lowest BCUT2D eigenvalue weighted by atomic mass is 10.3. The zero-order valence-corrected chi connectivity index (χ0v) is 9.79. The molecular weight excluding hydrogens is 242 g/mol. The first kappa shape index (κ1) is 9.80. The molecule has 0 atom stereocenters. The minimum Gasteiger partial charge on any atom is -0.273 e. The first-order valence-corrected chi connectivity index (χ1v) is 6.50. The number of thioether (sulfide) groups is 1. The summed E-state index contributed by atoms with van der Waals surface area (Å²) in [6, 6.07) is 7.84. The monoisotopic (exact) mass is 249 g/mol. The van der Waals surface area contributed by atoms with E-state index in [0.29, 0.717) is 11.6 Å². The summed E-state index contributed by atoms with van der Waals surface area (Å²) in [4.78, 5) is 14.6. The third-order valence-corrected chi connectivity index (χ3v) is 3.82. The van der Waals surface area contributed by atoms with Crippen LogP contribution in [0.3, 0.4) is 0 Å². The highest BCUT2D eigenvalue weighted by Crippen LogP contribution is 2.38. The molecule has 0 aliphatic carbocycles. The minimum absolute atomic E-state index is 0.0522. The number of hydrogen-bond acceptors (Lipinski definition) is 5. The molecule has 0 saturated carbocycles. The van der Waals surface area contributed by atoms with E-state index in [1.54, 1.807) is 22.0 Å². The molecule has 0 radical (unpaired) electrons. The highest BCUT2D eigenvalue weighted by atomic mass is 32.2. The predicted octanol–water partition coefficient (Wildman–Crippen LogP) is 2.31. The van der Waals surface area contributed by atoms with Crippen LogP contribution in [0.5, 0.6) is 0 Å². The van der Waals surface area contributed by atoms with Crippen molar-refractivity contribution in [3.63, 3.8) is 0 Å². The number of carbonyl (C=O) groups is 1. The smallest absolute Gasteiger partial charge is 0.243 e. The third-order valence-electron chi connectivity index (χ3n) is 2.28. The van der Waals surface area contributed by atoms with Crippen LogP contribution in [0, 0.1) is 0 Å². The molecule has 6 heteroatoms. The van der Waals surface area contributed by atoms with Gasteiger partial charge < -0.3 is 0 Å². The Bertz CT molecular complexity index is 527. The standard InChI is InChI=1S/C10H7N3OS2/c14-10-6-15-8-4-2-1-3-7(8)13(10)9-5-16-12-11-9/h1-5H,6H2. The Morgan fingerprint density at radius 2 is 2.19 bits per heavy atom. The Balaban J connectivity index is 2.14. The Hall–Kier alpha value is -1.40. The maximum atomic E-state index is 11.9. The molecule has 0 saturated heterocycles. The number of para-hydroxylation sites is 1. The van der Waals surface area contributed by atoms with Crippen molar-refractivity contribution in [1.29, 1.82) is 0 Å². The number of carbonyl (C=O) groups excluding carboxylic acids is 1. The van der Waals surface area contributed by atoms with E-state index in [0.717, 1.165) is 10.6 Å². The average Bonchev–Trinajstić information content (AvgIpc) is 2.82. The van der Waals surface area contributed by atoms with Gasteiger partial charge in [-0.05, 0) is 23.7 Å². The number of amides is 1. The zero-order valence-electron chi connectivity index (χ0n) is 8.16. The zero-order chi connectivity index (χ0) is 11.0. The number of benzene rings is 1. The second-order valence-corrected chi connectivity index (χ2v) is 4.88. The lowest BCUT2D eigenvalue weighted by Crippen LogP contribution is -2.31. The van der Waals surface area contributed by atoms with Gasteiger partial charge in [0.15, 0.2) is 5.82 Å². The van der Waals surface area contributed by atoms with Crippen LogP contribution in [-0.2, 0) is 4.79 Å². The molecule has 0 fully saturated rings. The SMILES string of the molecule is O=C1CSc2ccccc2N1c1csnn1. The first-order chi connectivity index (χ1) is 7.86. The van der Waals surface area contributed by atoms with Crippen LogP contribution in [0.25, 0.3) is 0 Å². The highest BCUT2D eigenvalue weighted by Gasteiger charge is 2.27. The van der Waals surface area contributed by atoms with Crippen molar-refractivity contribution >= 4 is 40.7 Å². The molecule has 1 aliphatic heterocycles. The summed E-state index contributed by atoms with van der Waals surface area (Å²) in [5.74, 6) is 1.12. The largest absolute Gasteiger partial charge is 0.273 e. The molecule has 2 heterocycles. The summed E-state index contributed by atoms with van der Waals surface area (Å²) < 4.78 is 3.80. The summed E-state index contributed by atoms with van der Waals surface area (Å²) >= 11 is 2.81. The summed E-state index contributed by atoms with van der Waals surface area (Å²) in [6.07, 6.45) is 0. The Morgan fingerprint density at radius 3 is 3.00 bits per heavy atom. The van der Waals surface area contributed by atoms with Gasteiger partial charge in [-0.1, -0.05) is 16.6 Å².